The molecule has 0 unspecified atom stereocenters. The molecule has 2 aromatic heterocycles. The second-order valence-electron chi connectivity index (χ2n) is 4.71. The Kier molecular flexibility index (Phi) is 3.14. The Balaban J connectivity index is 1.90. The summed E-state index contributed by atoms with van der Waals surface area (Å²) in [6.07, 6.45) is 5.78. The normalized spacial score (nSPS) is 14.7. The Bertz CT molecular complexity index is 607. The van der Waals surface area contributed by atoms with E-state index in [4.69, 9.17) is 16.3 Å². The van der Waals surface area contributed by atoms with Crippen LogP contribution in [0.15, 0.2) is 12.4 Å². The number of ether oxygens (including phenoxy) is 1. The number of aromatic nitrogens is 4. The molecule has 0 spiro atoms. The van der Waals surface area contributed by atoms with Crippen LogP contribution in [0.3, 0.4) is 0 Å². The molecule has 0 atom stereocenters. The van der Waals surface area contributed by atoms with Gasteiger partial charge in [0.2, 0.25) is 5.88 Å². The zero-order valence-corrected chi connectivity index (χ0v) is 11.7. The highest BCUT2D eigenvalue weighted by Crippen LogP contribution is 2.40. The molecule has 0 radical (unpaired) electrons. The average molecular weight is 279 g/mol. The minimum atomic E-state index is 0.443. The second kappa shape index (κ2) is 4.81. The average Bonchev–Trinajstić information content (AvgIpc) is 3.15. The van der Waals surface area contributed by atoms with Gasteiger partial charge in [0.15, 0.2) is 5.75 Å². The van der Waals surface area contributed by atoms with Crippen molar-refractivity contribution in [1.29, 1.82) is 0 Å². The predicted octanol–water partition coefficient (Wildman–Crippen LogP) is 3.32. The fraction of sp³-hybridized carbons (Fsp3) is 0.462. The number of nitrogens with zero attached hydrogens (tertiary/aromatic N) is 4. The lowest BCUT2D eigenvalue weighted by molar-refractivity contribution is 0.453. The van der Waals surface area contributed by atoms with Gasteiger partial charge >= 0.3 is 0 Å². The summed E-state index contributed by atoms with van der Waals surface area (Å²) in [6.45, 7) is 4.69. The van der Waals surface area contributed by atoms with Crippen molar-refractivity contribution in [2.75, 3.05) is 0 Å². The van der Waals surface area contributed by atoms with Crippen molar-refractivity contribution in [3.8, 4) is 11.6 Å². The van der Waals surface area contributed by atoms with E-state index in [9.17, 15) is 0 Å². The highest BCUT2D eigenvalue weighted by Gasteiger charge is 2.28. The lowest BCUT2D eigenvalue weighted by Crippen LogP contribution is -1.99. The van der Waals surface area contributed by atoms with Crippen LogP contribution in [0.5, 0.6) is 11.6 Å². The van der Waals surface area contributed by atoms with Crippen LogP contribution in [0.4, 0.5) is 0 Å². The molecule has 1 aliphatic rings. The van der Waals surface area contributed by atoms with Crippen LogP contribution in [0.1, 0.15) is 37.1 Å². The molecule has 1 fully saturated rings. The van der Waals surface area contributed by atoms with Crippen LogP contribution < -0.4 is 4.74 Å². The maximum atomic E-state index is 6.14. The molecular weight excluding hydrogens is 264 g/mol. The third-order valence-corrected chi connectivity index (χ3v) is 3.52. The van der Waals surface area contributed by atoms with Gasteiger partial charge in [-0.3, -0.25) is 4.68 Å². The van der Waals surface area contributed by atoms with Crippen LogP contribution in [0.25, 0.3) is 0 Å². The summed E-state index contributed by atoms with van der Waals surface area (Å²) in [5.74, 6) is 2.42. The predicted molar refractivity (Wildman–Crippen MR) is 71.7 cm³/mol. The quantitative estimate of drug-likeness (QED) is 0.805. The third-order valence-electron chi connectivity index (χ3n) is 3.15. The van der Waals surface area contributed by atoms with E-state index in [0.29, 0.717) is 22.7 Å². The number of halogens is 1. The highest BCUT2D eigenvalue weighted by molar-refractivity contribution is 6.30. The van der Waals surface area contributed by atoms with Gasteiger partial charge < -0.3 is 4.74 Å². The number of hydrogen-bond acceptors (Lipinski definition) is 4. The fourth-order valence-electron chi connectivity index (χ4n) is 1.79. The summed E-state index contributed by atoms with van der Waals surface area (Å²) in [6, 6.07) is 0. The first kappa shape index (κ1) is 12.4. The molecule has 100 valence electrons. The third kappa shape index (κ3) is 2.56. The smallest absolute Gasteiger partial charge is 0.227 e. The van der Waals surface area contributed by atoms with Crippen molar-refractivity contribution in [2.24, 2.45) is 0 Å². The van der Waals surface area contributed by atoms with Crippen LogP contribution in [0.2, 0.25) is 5.15 Å². The molecule has 19 heavy (non-hydrogen) atoms. The molecule has 0 bridgehead atoms. The summed E-state index contributed by atoms with van der Waals surface area (Å²) < 4.78 is 7.57. The molecule has 3 rings (SSSR count). The molecule has 1 aliphatic carbocycles. The van der Waals surface area contributed by atoms with Gasteiger partial charge in [0, 0.05) is 18.0 Å². The van der Waals surface area contributed by atoms with Gasteiger partial charge in [0.25, 0.3) is 0 Å². The molecule has 2 aromatic rings. The zero-order valence-electron chi connectivity index (χ0n) is 10.9. The molecule has 5 nitrogen and oxygen atoms in total. The Hall–Kier alpha value is -1.62. The minimum absolute atomic E-state index is 0.443. The van der Waals surface area contributed by atoms with Gasteiger partial charge in [-0.1, -0.05) is 11.6 Å². The Morgan fingerprint density at radius 3 is 2.84 bits per heavy atom. The molecular formula is C13H15ClN4O. The standard InChI is InChI=1S/C13H15ClN4O/c1-3-18-7-10(6-15-18)19-13-8(2)11(14)16-12(17-13)9-4-5-9/h6-7,9H,3-5H2,1-2H3. The van der Waals surface area contributed by atoms with E-state index >= 15 is 0 Å². The zero-order chi connectivity index (χ0) is 13.4. The first-order valence-electron chi connectivity index (χ1n) is 6.41. The summed E-state index contributed by atoms with van der Waals surface area (Å²) in [4.78, 5) is 8.78. The van der Waals surface area contributed by atoms with Gasteiger partial charge in [-0.25, -0.2) is 4.98 Å². The SMILES string of the molecule is CCn1cc(Oc2nc(C3CC3)nc(Cl)c2C)cn1. The minimum Gasteiger partial charge on any atom is -0.435 e. The van der Waals surface area contributed by atoms with Gasteiger partial charge in [0.1, 0.15) is 11.0 Å². The van der Waals surface area contributed by atoms with Crippen molar-refractivity contribution < 1.29 is 4.74 Å². The van der Waals surface area contributed by atoms with Crippen molar-refractivity contribution in [3.63, 3.8) is 0 Å². The Morgan fingerprint density at radius 2 is 2.21 bits per heavy atom. The second-order valence-corrected chi connectivity index (χ2v) is 5.07. The first-order valence-corrected chi connectivity index (χ1v) is 6.79. The van der Waals surface area contributed by atoms with E-state index in [1.807, 2.05) is 20.0 Å². The Morgan fingerprint density at radius 1 is 1.42 bits per heavy atom. The number of rotatable bonds is 4. The van der Waals surface area contributed by atoms with Crippen LogP contribution in [-0.2, 0) is 6.54 Å². The van der Waals surface area contributed by atoms with E-state index in [2.05, 4.69) is 15.1 Å². The maximum absolute atomic E-state index is 6.14. The van der Waals surface area contributed by atoms with Crippen LogP contribution >= 0.6 is 11.6 Å². The largest absolute Gasteiger partial charge is 0.435 e. The molecule has 0 aromatic carbocycles. The van der Waals surface area contributed by atoms with Crippen molar-refractivity contribution >= 4 is 11.6 Å². The van der Waals surface area contributed by atoms with E-state index < -0.39 is 0 Å². The van der Waals surface area contributed by atoms with Crippen molar-refractivity contribution in [2.45, 2.75) is 39.2 Å². The summed E-state index contributed by atoms with van der Waals surface area (Å²) in [5, 5.41) is 4.64. The van der Waals surface area contributed by atoms with Gasteiger partial charge in [-0.05, 0) is 26.7 Å². The van der Waals surface area contributed by atoms with Gasteiger partial charge in [-0.2, -0.15) is 10.1 Å². The van der Waals surface area contributed by atoms with E-state index in [-0.39, 0.29) is 0 Å². The van der Waals surface area contributed by atoms with Crippen molar-refractivity contribution in [3.05, 3.63) is 28.9 Å². The summed E-state index contributed by atoms with van der Waals surface area (Å²) >= 11 is 6.14. The topological polar surface area (TPSA) is 52.8 Å². The molecule has 1 saturated carbocycles. The summed E-state index contributed by atoms with van der Waals surface area (Å²) in [7, 11) is 0. The highest BCUT2D eigenvalue weighted by atomic mass is 35.5. The molecule has 2 heterocycles. The first-order chi connectivity index (χ1) is 9.17. The molecule has 0 amide bonds. The Labute approximate surface area is 116 Å². The van der Waals surface area contributed by atoms with Crippen molar-refractivity contribution in [1.82, 2.24) is 19.7 Å². The molecule has 6 heteroatoms. The van der Waals surface area contributed by atoms with Crippen LogP contribution in [0, 0.1) is 6.92 Å². The monoisotopic (exact) mass is 278 g/mol. The van der Waals surface area contributed by atoms with Crippen LogP contribution in [-0.4, -0.2) is 19.7 Å². The molecule has 0 saturated heterocycles. The number of aryl methyl sites for hydroxylation is 1. The van der Waals surface area contributed by atoms with E-state index in [1.54, 1.807) is 10.9 Å². The lowest BCUT2D eigenvalue weighted by atomic mass is 10.3. The molecule has 0 N–H and O–H groups in total. The summed E-state index contributed by atoms with van der Waals surface area (Å²) in [5.41, 5.74) is 0.760. The maximum Gasteiger partial charge on any atom is 0.227 e. The fourth-order valence-corrected chi connectivity index (χ4v) is 1.96. The molecule has 0 aliphatic heterocycles. The lowest BCUT2D eigenvalue weighted by Gasteiger charge is -2.08. The van der Waals surface area contributed by atoms with E-state index in [0.717, 1.165) is 30.8 Å². The van der Waals surface area contributed by atoms with E-state index in [1.165, 1.54) is 0 Å². The number of hydrogen-bond donors (Lipinski definition) is 0. The van der Waals surface area contributed by atoms with Gasteiger partial charge in [0.05, 0.1) is 12.4 Å². The van der Waals surface area contributed by atoms with Gasteiger partial charge in [-0.15, -0.1) is 0 Å².